The van der Waals surface area contributed by atoms with Crippen LogP contribution in [0.5, 0.6) is 5.75 Å². The third-order valence-corrected chi connectivity index (χ3v) is 5.63. The normalized spacial score (nSPS) is 25.5. The second-order valence-corrected chi connectivity index (χ2v) is 7.70. The Hall–Kier alpha value is -3.08. The fraction of sp³-hybridized carbons (Fsp3) is 0.304. The smallest absolute Gasteiger partial charge is 0.239 e. The van der Waals surface area contributed by atoms with E-state index in [9.17, 15) is 9.59 Å². The molecule has 1 N–H and O–H groups in total. The molecule has 2 heterocycles. The summed E-state index contributed by atoms with van der Waals surface area (Å²) < 4.78 is 6.21. The first-order valence-electron chi connectivity index (χ1n) is 9.51. The molecule has 0 aromatic heterocycles. The van der Waals surface area contributed by atoms with Gasteiger partial charge in [0, 0.05) is 24.6 Å². The minimum Gasteiger partial charge on any atom is -0.468 e. The van der Waals surface area contributed by atoms with Crippen LogP contribution in [0.2, 0.25) is 0 Å². The number of hydrogen-bond acceptors (Lipinski definition) is 3. The zero-order chi connectivity index (χ0) is 19.9. The second-order valence-electron chi connectivity index (χ2n) is 7.70. The van der Waals surface area contributed by atoms with Crippen molar-refractivity contribution in [3.05, 3.63) is 72.3 Å². The molecule has 3 atom stereocenters. The summed E-state index contributed by atoms with van der Waals surface area (Å²) >= 11 is 0. The molecule has 5 nitrogen and oxygen atoms in total. The Labute approximate surface area is 165 Å². The van der Waals surface area contributed by atoms with Crippen LogP contribution in [0.15, 0.2) is 61.2 Å². The highest BCUT2D eigenvalue weighted by Crippen LogP contribution is 2.50. The minimum absolute atomic E-state index is 0.224. The topological polar surface area (TPSA) is 58.6 Å². The molecule has 5 heteroatoms. The van der Waals surface area contributed by atoms with Crippen molar-refractivity contribution in [3.8, 4) is 5.75 Å². The predicted octanol–water partition coefficient (Wildman–Crippen LogP) is 3.86. The maximum atomic E-state index is 13.4. The van der Waals surface area contributed by atoms with Crippen LogP contribution in [0.1, 0.15) is 30.4 Å². The van der Waals surface area contributed by atoms with Crippen molar-refractivity contribution in [3.63, 3.8) is 0 Å². The summed E-state index contributed by atoms with van der Waals surface area (Å²) in [6.45, 7) is 7.97. The monoisotopic (exact) mass is 376 g/mol. The molecule has 0 radical (unpaired) electrons. The van der Waals surface area contributed by atoms with E-state index in [2.05, 4.69) is 11.9 Å². The molecule has 2 unspecified atom stereocenters. The summed E-state index contributed by atoms with van der Waals surface area (Å²) in [7, 11) is 0. The molecule has 0 aliphatic carbocycles. The number of rotatable bonds is 4. The van der Waals surface area contributed by atoms with E-state index in [4.69, 9.17) is 4.74 Å². The van der Waals surface area contributed by atoms with E-state index in [1.807, 2.05) is 62.4 Å². The fourth-order valence-corrected chi connectivity index (χ4v) is 4.36. The molecule has 2 aliphatic rings. The lowest BCUT2D eigenvalue weighted by Crippen LogP contribution is -2.64. The van der Waals surface area contributed by atoms with Gasteiger partial charge in [0.1, 0.15) is 11.7 Å². The van der Waals surface area contributed by atoms with E-state index < -0.39 is 11.6 Å². The molecular formula is C23H24N2O3. The van der Waals surface area contributed by atoms with Gasteiger partial charge in [0.15, 0.2) is 5.72 Å². The third kappa shape index (κ3) is 2.97. The van der Waals surface area contributed by atoms with Crippen LogP contribution in [0, 0.1) is 12.8 Å². The van der Waals surface area contributed by atoms with Gasteiger partial charge in [-0.3, -0.25) is 9.59 Å². The lowest BCUT2D eigenvalue weighted by atomic mass is 9.73. The molecule has 0 saturated carbocycles. The van der Waals surface area contributed by atoms with Crippen molar-refractivity contribution in [2.75, 3.05) is 11.9 Å². The summed E-state index contributed by atoms with van der Waals surface area (Å²) in [6.07, 6.45) is 2.23. The highest BCUT2D eigenvalue weighted by Gasteiger charge is 2.55. The average molecular weight is 376 g/mol. The van der Waals surface area contributed by atoms with E-state index in [-0.39, 0.29) is 17.7 Å². The zero-order valence-electron chi connectivity index (χ0n) is 16.1. The number of nitrogens with one attached hydrogen (secondary N) is 1. The first-order valence-corrected chi connectivity index (χ1v) is 9.51. The fourth-order valence-electron chi connectivity index (χ4n) is 4.36. The molecule has 2 aliphatic heterocycles. The van der Waals surface area contributed by atoms with Crippen molar-refractivity contribution >= 4 is 17.5 Å². The molecule has 2 aromatic carbocycles. The van der Waals surface area contributed by atoms with E-state index >= 15 is 0 Å². The largest absolute Gasteiger partial charge is 0.468 e. The van der Waals surface area contributed by atoms with Gasteiger partial charge < -0.3 is 15.0 Å². The van der Waals surface area contributed by atoms with Crippen LogP contribution in [0.25, 0.3) is 0 Å². The minimum atomic E-state index is -0.807. The van der Waals surface area contributed by atoms with Crippen LogP contribution >= 0.6 is 0 Å². The van der Waals surface area contributed by atoms with Crippen molar-refractivity contribution in [1.29, 1.82) is 0 Å². The number of carbonyl (C=O) groups excluding carboxylic acids is 2. The van der Waals surface area contributed by atoms with E-state index in [0.717, 1.165) is 16.9 Å². The molecule has 2 amide bonds. The quantitative estimate of drug-likeness (QED) is 0.651. The number of amides is 2. The van der Waals surface area contributed by atoms with Crippen LogP contribution < -0.4 is 10.1 Å². The molecule has 2 aromatic rings. The van der Waals surface area contributed by atoms with Crippen LogP contribution in [0.3, 0.4) is 0 Å². The van der Waals surface area contributed by atoms with Gasteiger partial charge >= 0.3 is 0 Å². The number of likely N-dealkylation sites (tertiary alicyclic amines) is 1. The first-order chi connectivity index (χ1) is 13.4. The van der Waals surface area contributed by atoms with Crippen LogP contribution in [0.4, 0.5) is 5.69 Å². The Morgan fingerprint density at radius 1 is 1.32 bits per heavy atom. The molecule has 0 spiro atoms. The first kappa shape index (κ1) is 18.3. The second kappa shape index (κ2) is 6.82. The van der Waals surface area contributed by atoms with Crippen LogP contribution in [-0.2, 0) is 9.59 Å². The molecule has 144 valence electrons. The molecule has 1 fully saturated rings. The number of carbonyl (C=O) groups is 2. The summed E-state index contributed by atoms with van der Waals surface area (Å²) in [5, 5.41) is 2.94. The number of fused-ring (bicyclic) bond motifs is 4. The number of aryl methyl sites for hydroxylation is 1. The standard InChI is InChI=1S/C23H24N2O3/c1-4-12-25-22(27)20(21(26)24-16-9-7-8-15(2)13-16)18-14-23(25,3)28-19-11-6-5-10-17(18)19/h4-11,13,18,20H,1,12,14H2,2-3H3,(H,24,26)/t18?,20?,23-/m1/s1. The SMILES string of the molecule is C=CCN1C(=O)C(C(=O)Nc2cccc(C)c2)C2C[C@@]1(C)Oc1ccccc12. The lowest BCUT2D eigenvalue weighted by molar-refractivity contribution is -0.173. The number of hydrogen-bond donors (Lipinski definition) is 1. The van der Waals surface area contributed by atoms with Crippen molar-refractivity contribution in [2.24, 2.45) is 5.92 Å². The third-order valence-electron chi connectivity index (χ3n) is 5.63. The maximum absolute atomic E-state index is 13.4. The predicted molar refractivity (Wildman–Crippen MR) is 108 cm³/mol. The number of ether oxygens (including phenoxy) is 1. The van der Waals surface area contributed by atoms with Gasteiger partial charge in [-0.05, 0) is 43.2 Å². The van der Waals surface area contributed by atoms with Crippen molar-refractivity contribution < 1.29 is 14.3 Å². The summed E-state index contributed by atoms with van der Waals surface area (Å²) in [5.74, 6) is -0.810. The van der Waals surface area contributed by atoms with E-state index in [0.29, 0.717) is 18.7 Å². The Morgan fingerprint density at radius 2 is 2.11 bits per heavy atom. The summed E-state index contributed by atoms with van der Waals surface area (Å²) in [6, 6.07) is 15.3. The average Bonchev–Trinajstić information content (AvgIpc) is 2.65. The molecule has 1 saturated heterocycles. The Balaban J connectivity index is 1.74. The molecule has 2 bridgehead atoms. The van der Waals surface area contributed by atoms with Gasteiger partial charge in [-0.2, -0.15) is 0 Å². The van der Waals surface area contributed by atoms with Gasteiger partial charge in [-0.25, -0.2) is 0 Å². The Kier molecular flexibility index (Phi) is 4.46. The van der Waals surface area contributed by atoms with Gasteiger partial charge in [-0.1, -0.05) is 36.4 Å². The number of anilines is 1. The summed E-state index contributed by atoms with van der Waals surface area (Å²) in [4.78, 5) is 28.2. The lowest BCUT2D eigenvalue weighted by Gasteiger charge is -2.52. The molecule has 28 heavy (non-hydrogen) atoms. The summed E-state index contributed by atoms with van der Waals surface area (Å²) in [5.41, 5.74) is 1.87. The number of nitrogens with zero attached hydrogens (tertiary/aromatic N) is 1. The number of piperidine rings is 1. The van der Waals surface area contributed by atoms with Gasteiger partial charge in [0.25, 0.3) is 0 Å². The van der Waals surface area contributed by atoms with E-state index in [1.54, 1.807) is 11.0 Å². The van der Waals surface area contributed by atoms with Crippen molar-refractivity contribution in [2.45, 2.75) is 31.9 Å². The van der Waals surface area contributed by atoms with Crippen molar-refractivity contribution in [1.82, 2.24) is 4.90 Å². The van der Waals surface area contributed by atoms with Gasteiger partial charge in [0.2, 0.25) is 11.8 Å². The highest BCUT2D eigenvalue weighted by atomic mass is 16.5. The number of para-hydroxylation sites is 1. The molecule has 4 rings (SSSR count). The molecular weight excluding hydrogens is 352 g/mol. The number of benzene rings is 2. The zero-order valence-corrected chi connectivity index (χ0v) is 16.1. The van der Waals surface area contributed by atoms with Gasteiger partial charge in [0.05, 0.1) is 0 Å². The van der Waals surface area contributed by atoms with E-state index in [1.165, 1.54) is 0 Å². The van der Waals surface area contributed by atoms with Gasteiger partial charge in [-0.15, -0.1) is 6.58 Å². The van der Waals surface area contributed by atoms with Crippen LogP contribution in [-0.4, -0.2) is 29.0 Å². The highest BCUT2D eigenvalue weighted by molar-refractivity contribution is 6.08. The maximum Gasteiger partial charge on any atom is 0.239 e. The Bertz CT molecular complexity index is 954. The Morgan fingerprint density at radius 3 is 2.86 bits per heavy atom.